The van der Waals surface area contributed by atoms with Crippen LogP contribution in [0.15, 0.2) is 28.8 Å². The second-order valence-corrected chi connectivity index (χ2v) is 7.68. The van der Waals surface area contributed by atoms with E-state index < -0.39 is 11.7 Å². The van der Waals surface area contributed by atoms with Crippen LogP contribution in [0.5, 0.6) is 0 Å². The van der Waals surface area contributed by atoms with E-state index in [2.05, 4.69) is 10.1 Å². The molecule has 29 heavy (non-hydrogen) atoms. The number of hydrogen-bond acceptors (Lipinski definition) is 5. The van der Waals surface area contributed by atoms with Crippen molar-refractivity contribution in [1.29, 1.82) is 0 Å². The Hall–Kier alpha value is -2.42. The molecule has 0 unspecified atom stereocenters. The molecule has 9 heteroatoms. The van der Waals surface area contributed by atoms with Crippen LogP contribution in [0, 0.1) is 0 Å². The van der Waals surface area contributed by atoms with Gasteiger partial charge in [-0.05, 0) is 25.0 Å². The molecule has 0 N–H and O–H groups in total. The number of carbonyl (C=O) groups excluding carboxylic acids is 1. The van der Waals surface area contributed by atoms with Gasteiger partial charge >= 0.3 is 6.18 Å². The Kier molecular flexibility index (Phi) is 5.58. The van der Waals surface area contributed by atoms with Crippen LogP contribution < -0.4 is 0 Å². The third-order valence-electron chi connectivity index (χ3n) is 5.65. The molecule has 1 saturated carbocycles. The molecule has 156 valence electrons. The third kappa shape index (κ3) is 4.60. The van der Waals surface area contributed by atoms with E-state index in [0.717, 1.165) is 31.5 Å². The molecule has 6 nitrogen and oxygen atoms in total. The summed E-state index contributed by atoms with van der Waals surface area (Å²) in [6.07, 6.45) is 1.42. The van der Waals surface area contributed by atoms with Crippen molar-refractivity contribution < 1.29 is 22.5 Å². The summed E-state index contributed by atoms with van der Waals surface area (Å²) >= 11 is 0. The molecule has 1 saturated heterocycles. The number of amides is 1. The van der Waals surface area contributed by atoms with Crippen molar-refractivity contribution in [1.82, 2.24) is 19.9 Å². The second kappa shape index (κ2) is 8.14. The highest BCUT2D eigenvalue weighted by molar-refractivity contribution is 5.79. The minimum atomic E-state index is -4.38. The van der Waals surface area contributed by atoms with Gasteiger partial charge in [-0.1, -0.05) is 36.6 Å². The van der Waals surface area contributed by atoms with Crippen molar-refractivity contribution in [3.8, 4) is 11.4 Å². The van der Waals surface area contributed by atoms with E-state index in [0.29, 0.717) is 37.1 Å². The molecule has 2 fully saturated rings. The van der Waals surface area contributed by atoms with E-state index >= 15 is 0 Å². The average Bonchev–Trinajstić information content (AvgIpc) is 3.17. The Balaban J connectivity index is 1.35. The van der Waals surface area contributed by atoms with Crippen molar-refractivity contribution in [2.24, 2.45) is 0 Å². The van der Waals surface area contributed by atoms with Crippen molar-refractivity contribution in [2.75, 3.05) is 19.6 Å². The SMILES string of the molecule is O=C1CN(Cc2nc(-c3ccc(C(F)(F)F)cc3)no2)CCN1C1CCCCC1. The molecule has 4 rings (SSSR count). The first-order chi connectivity index (χ1) is 13.9. The number of nitrogens with zero attached hydrogens (tertiary/aromatic N) is 4. The zero-order valence-corrected chi connectivity index (χ0v) is 16.0. The number of rotatable bonds is 4. The molecule has 1 aliphatic carbocycles. The van der Waals surface area contributed by atoms with Crippen LogP contribution in [-0.4, -0.2) is 51.5 Å². The van der Waals surface area contributed by atoms with Gasteiger partial charge in [0.2, 0.25) is 17.6 Å². The number of carbonyl (C=O) groups is 1. The number of piperazine rings is 1. The lowest BCUT2D eigenvalue weighted by atomic mass is 9.93. The van der Waals surface area contributed by atoms with E-state index in [1.165, 1.54) is 31.4 Å². The molecule has 1 aliphatic heterocycles. The fraction of sp³-hybridized carbons (Fsp3) is 0.550. The summed E-state index contributed by atoms with van der Waals surface area (Å²) in [5, 5.41) is 3.86. The zero-order chi connectivity index (χ0) is 20.4. The average molecular weight is 408 g/mol. The lowest BCUT2D eigenvalue weighted by molar-refractivity contribution is -0.140. The van der Waals surface area contributed by atoms with Gasteiger partial charge in [-0.3, -0.25) is 9.69 Å². The summed E-state index contributed by atoms with van der Waals surface area (Å²) in [6.45, 7) is 2.09. The van der Waals surface area contributed by atoms with Crippen LogP contribution >= 0.6 is 0 Å². The standard InChI is InChI=1S/C20H23F3N4O2/c21-20(22,23)15-8-6-14(7-9-15)19-24-17(29-25-19)12-26-10-11-27(18(28)13-26)16-4-2-1-3-5-16/h6-9,16H,1-5,10-13H2. The Morgan fingerprint density at radius 3 is 2.45 bits per heavy atom. The highest BCUT2D eigenvalue weighted by atomic mass is 19.4. The summed E-state index contributed by atoms with van der Waals surface area (Å²) in [6, 6.07) is 5.00. The van der Waals surface area contributed by atoms with E-state index in [-0.39, 0.29) is 11.7 Å². The van der Waals surface area contributed by atoms with Gasteiger partial charge in [0.05, 0.1) is 18.7 Å². The highest BCUT2D eigenvalue weighted by Crippen LogP contribution is 2.30. The van der Waals surface area contributed by atoms with Gasteiger partial charge in [-0.2, -0.15) is 18.2 Å². The Labute approximate surface area is 166 Å². The van der Waals surface area contributed by atoms with Crippen LogP contribution in [0.2, 0.25) is 0 Å². The Morgan fingerprint density at radius 2 is 1.79 bits per heavy atom. The second-order valence-electron chi connectivity index (χ2n) is 7.68. The lowest BCUT2D eigenvalue weighted by Gasteiger charge is -2.40. The van der Waals surface area contributed by atoms with Crippen molar-refractivity contribution in [3.63, 3.8) is 0 Å². The Morgan fingerprint density at radius 1 is 1.07 bits per heavy atom. The molecular formula is C20H23F3N4O2. The molecule has 1 amide bonds. The monoisotopic (exact) mass is 408 g/mol. The zero-order valence-electron chi connectivity index (χ0n) is 16.0. The number of hydrogen-bond donors (Lipinski definition) is 0. The molecule has 0 bridgehead atoms. The minimum Gasteiger partial charge on any atom is -0.338 e. The summed E-state index contributed by atoms with van der Waals surface area (Å²) in [5.41, 5.74) is -0.273. The third-order valence-corrected chi connectivity index (χ3v) is 5.65. The molecule has 0 radical (unpaired) electrons. The quantitative estimate of drug-likeness (QED) is 0.772. The largest absolute Gasteiger partial charge is 0.416 e. The predicted molar refractivity (Wildman–Crippen MR) is 98.6 cm³/mol. The van der Waals surface area contributed by atoms with Crippen LogP contribution in [-0.2, 0) is 17.5 Å². The summed E-state index contributed by atoms with van der Waals surface area (Å²) in [7, 11) is 0. The van der Waals surface area contributed by atoms with Crippen LogP contribution in [0.4, 0.5) is 13.2 Å². The summed E-state index contributed by atoms with van der Waals surface area (Å²) < 4.78 is 43.3. The maximum atomic E-state index is 12.7. The van der Waals surface area contributed by atoms with Crippen molar-refractivity contribution in [3.05, 3.63) is 35.7 Å². The molecule has 2 heterocycles. The number of halogens is 3. The number of benzene rings is 1. The number of aromatic nitrogens is 2. The van der Waals surface area contributed by atoms with E-state index in [1.54, 1.807) is 0 Å². The molecule has 2 aliphatic rings. The van der Waals surface area contributed by atoms with Gasteiger partial charge in [-0.15, -0.1) is 0 Å². The fourth-order valence-electron chi connectivity index (χ4n) is 4.08. The highest BCUT2D eigenvalue weighted by Gasteiger charge is 2.32. The first kappa shape index (κ1) is 19.9. The van der Waals surface area contributed by atoms with Gasteiger partial charge in [0, 0.05) is 24.7 Å². The molecular weight excluding hydrogens is 385 g/mol. The van der Waals surface area contributed by atoms with Crippen LogP contribution in [0.1, 0.15) is 43.6 Å². The molecule has 0 atom stereocenters. The fourth-order valence-corrected chi connectivity index (χ4v) is 4.08. The van der Waals surface area contributed by atoms with Crippen LogP contribution in [0.3, 0.4) is 0 Å². The van der Waals surface area contributed by atoms with Crippen molar-refractivity contribution >= 4 is 5.91 Å². The molecule has 2 aromatic rings. The first-order valence-corrected chi connectivity index (χ1v) is 9.92. The topological polar surface area (TPSA) is 62.5 Å². The smallest absolute Gasteiger partial charge is 0.338 e. The van der Waals surface area contributed by atoms with Gasteiger partial charge < -0.3 is 9.42 Å². The lowest BCUT2D eigenvalue weighted by Crippen LogP contribution is -2.54. The van der Waals surface area contributed by atoms with Crippen LogP contribution in [0.25, 0.3) is 11.4 Å². The van der Waals surface area contributed by atoms with Gasteiger partial charge in [-0.25, -0.2) is 0 Å². The molecule has 1 aromatic heterocycles. The van der Waals surface area contributed by atoms with E-state index in [1.807, 2.05) is 9.80 Å². The number of alkyl halides is 3. The maximum absolute atomic E-state index is 12.7. The van der Waals surface area contributed by atoms with Gasteiger partial charge in [0.1, 0.15) is 0 Å². The van der Waals surface area contributed by atoms with Gasteiger partial charge in [0.15, 0.2) is 0 Å². The minimum absolute atomic E-state index is 0.130. The molecule has 1 aromatic carbocycles. The predicted octanol–water partition coefficient (Wildman–Crippen LogP) is 3.73. The van der Waals surface area contributed by atoms with Crippen molar-refractivity contribution in [2.45, 2.75) is 50.9 Å². The summed E-state index contributed by atoms with van der Waals surface area (Å²) in [5.74, 6) is 0.713. The summed E-state index contributed by atoms with van der Waals surface area (Å²) in [4.78, 5) is 20.8. The first-order valence-electron chi connectivity index (χ1n) is 9.92. The normalized spacial score (nSPS) is 19.7. The van der Waals surface area contributed by atoms with E-state index in [9.17, 15) is 18.0 Å². The van der Waals surface area contributed by atoms with E-state index in [4.69, 9.17) is 4.52 Å². The van der Waals surface area contributed by atoms with Gasteiger partial charge in [0.25, 0.3) is 0 Å². The maximum Gasteiger partial charge on any atom is 0.416 e. The Bertz CT molecular complexity index is 844. The molecule has 0 spiro atoms.